The number of carbonyl (C=O) groups excluding carboxylic acids is 9. The zero-order valence-electron chi connectivity index (χ0n) is 42.8. The van der Waals surface area contributed by atoms with Gasteiger partial charge in [-0.3, -0.25) is 43.2 Å². The fourth-order valence-corrected chi connectivity index (χ4v) is 7.75. The van der Waals surface area contributed by atoms with E-state index in [1.807, 2.05) is 43.3 Å². The highest BCUT2D eigenvalue weighted by Crippen LogP contribution is 2.20. The van der Waals surface area contributed by atoms with Crippen LogP contribution in [0.2, 0.25) is 0 Å². The first-order valence-electron chi connectivity index (χ1n) is 23.9. The minimum Gasteiger partial charge on any atom is -0.480 e. The number of nitrogens with zero attached hydrogens (tertiary/aromatic N) is 1. The van der Waals surface area contributed by atoms with E-state index in [0.29, 0.717) is 18.4 Å². The number of ether oxygens (including phenoxy) is 1. The molecule has 0 saturated carbocycles. The van der Waals surface area contributed by atoms with E-state index in [4.69, 9.17) is 4.74 Å². The lowest BCUT2D eigenvalue weighted by Gasteiger charge is -2.28. The lowest BCUT2D eigenvalue weighted by Crippen LogP contribution is -2.59. The minimum atomic E-state index is -2.03. The van der Waals surface area contributed by atoms with Crippen molar-refractivity contribution in [2.24, 2.45) is 17.8 Å². The van der Waals surface area contributed by atoms with Gasteiger partial charge in [0.05, 0.1) is 29.7 Å². The van der Waals surface area contributed by atoms with Crippen molar-refractivity contribution >= 4 is 71.2 Å². The summed E-state index contributed by atoms with van der Waals surface area (Å²) >= 11 is 0. The first-order valence-corrected chi connectivity index (χ1v) is 23.9. The highest BCUT2D eigenvalue weighted by molar-refractivity contribution is 6.06. The van der Waals surface area contributed by atoms with E-state index in [9.17, 15) is 63.0 Å². The lowest BCUT2D eigenvalue weighted by atomic mass is 9.94. The Bertz CT molecular complexity index is 2480. The van der Waals surface area contributed by atoms with Gasteiger partial charge in [0, 0.05) is 38.5 Å². The van der Waals surface area contributed by atoms with Gasteiger partial charge >= 0.3 is 11.9 Å². The fourth-order valence-electron chi connectivity index (χ4n) is 7.75. The van der Waals surface area contributed by atoms with Crippen molar-refractivity contribution < 1.29 is 67.7 Å². The van der Waals surface area contributed by atoms with Crippen LogP contribution in [0.25, 0.3) is 0 Å². The predicted octanol–water partition coefficient (Wildman–Crippen LogP) is 1.77. The van der Waals surface area contributed by atoms with E-state index >= 15 is 0 Å². The normalized spacial score (nSPS) is 24.6. The van der Waals surface area contributed by atoms with E-state index in [0.717, 1.165) is 17.4 Å². The summed E-state index contributed by atoms with van der Waals surface area (Å²) in [6.07, 6.45) is 3.91. The molecular weight excluding hydrogens is 961 g/mol. The Morgan fingerprint density at radius 3 is 2.03 bits per heavy atom. The van der Waals surface area contributed by atoms with Crippen LogP contribution in [-0.2, 0) is 59.1 Å². The maximum atomic E-state index is 14.1. The molecule has 0 bridgehead atoms. The number of carboxylic acid groups (broad SMARTS) is 2. The van der Waals surface area contributed by atoms with Crippen molar-refractivity contribution in [2.45, 2.75) is 116 Å². The number of ketones is 1. The first-order chi connectivity index (χ1) is 34.9. The van der Waals surface area contributed by atoms with Crippen molar-refractivity contribution in [3.63, 3.8) is 0 Å². The zero-order valence-corrected chi connectivity index (χ0v) is 42.8. The van der Waals surface area contributed by atoms with E-state index < -0.39 is 132 Å². The number of allylic oxidation sites excluding steroid dienone is 2. The van der Waals surface area contributed by atoms with Gasteiger partial charge in [0.2, 0.25) is 41.9 Å². The number of hydrogen-bond acceptors (Lipinski definition) is 12. The number of amides is 8. The second-order valence-electron chi connectivity index (χ2n) is 18.0. The van der Waals surface area contributed by atoms with Crippen LogP contribution in [0, 0.1) is 17.8 Å². The molecule has 1 saturated heterocycles. The van der Waals surface area contributed by atoms with Crippen LogP contribution in [-0.4, -0.2) is 137 Å². The molecule has 400 valence electrons. The molecule has 10 atom stereocenters. The second kappa shape index (κ2) is 28.9. The number of hydrogen-bond donors (Lipinski definition) is 9. The molecule has 9 N–H and O–H groups in total. The number of para-hydroxylation sites is 1. The number of Topliss-reactive ketones (excluding diaryl/α,β-unsaturated/α-hetero) is 1. The Morgan fingerprint density at radius 2 is 1.42 bits per heavy atom. The van der Waals surface area contributed by atoms with Crippen molar-refractivity contribution in [3.05, 3.63) is 102 Å². The topological polar surface area (TPSA) is 325 Å². The Labute approximate surface area is 429 Å². The summed E-state index contributed by atoms with van der Waals surface area (Å²) in [6, 6.07) is 5.85. The number of aliphatic carboxylic acids is 2. The number of rotatable bonds is 15. The zero-order chi connectivity index (χ0) is 55.4. The number of anilines is 1. The monoisotopic (exact) mass is 1030 g/mol. The Hall–Kier alpha value is -8.01. The Kier molecular flexibility index (Phi) is 23.5. The standard InChI is InChI=1S/C52H68N8O14/c1-10-36-49(68)56-37(21-20-28(2)24-29(3)42(74-9)25-34-16-12-11-13-17-34)30(4)45(64)57-39(51(70)71)22-23-43(63)60(8)33(7)48(67)54-32(6)47(66)58-40(26-41(62)35-18-14-15-19-38(35)53-27-61)50(69)59-44(52(72)73)31(5)46(65)55-36/h11-21,24,27,29-32,36-37,39-40,42,44H,7,10,22-23,25-26H2,1-6,8-9H3,(H,53,61)(H,54,67)(H,55,65)(H,56,68)(H,57,64)(H,58,66)(H,59,69)(H,70,71)(H,72,73)/b21-20+,28-24+/t29-,30-,31-,32+,36-,37-,39+,40-,42-,44+/m0/s1. The van der Waals surface area contributed by atoms with Gasteiger partial charge in [-0.2, -0.15) is 0 Å². The van der Waals surface area contributed by atoms with Gasteiger partial charge in [-0.25, -0.2) is 9.59 Å². The van der Waals surface area contributed by atoms with Crippen molar-refractivity contribution in [1.82, 2.24) is 36.8 Å². The van der Waals surface area contributed by atoms with Crippen molar-refractivity contribution in [1.29, 1.82) is 0 Å². The summed E-state index contributed by atoms with van der Waals surface area (Å²) in [4.78, 5) is 147. The fraction of sp³-hybridized carbons (Fsp3) is 0.442. The summed E-state index contributed by atoms with van der Waals surface area (Å²) < 4.78 is 5.80. The van der Waals surface area contributed by atoms with Crippen LogP contribution in [0.3, 0.4) is 0 Å². The van der Waals surface area contributed by atoms with Gasteiger partial charge in [-0.1, -0.05) is 101 Å². The first kappa shape index (κ1) is 60.3. The van der Waals surface area contributed by atoms with Crippen LogP contribution in [0.1, 0.15) is 83.1 Å². The molecule has 1 heterocycles. The summed E-state index contributed by atoms with van der Waals surface area (Å²) in [5, 5.41) is 37.3. The summed E-state index contributed by atoms with van der Waals surface area (Å²) in [7, 11) is 2.77. The number of methoxy groups -OCH3 is 1. The molecule has 2 aromatic rings. The van der Waals surface area contributed by atoms with Gasteiger partial charge < -0.3 is 57.1 Å². The SMILES string of the molecule is C=C1C(=O)N[C@H](C)C(=O)N[C@@H](CC(=O)c2ccccc2NC=O)C(=O)N[C@@H](C(=O)O)[C@H](C)C(=O)N[C@@H](CC)C(=O)N[C@@H](/C=C/C(C)=C/[C@H](C)[C@H](Cc2ccccc2)OC)[C@H](C)C(=O)N[C@@H](C(=O)O)CCC(=O)N1C. The summed E-state index contributed by atoms with van der Waals surface area (Å²) in [5.74, 6) is -13.9. The quantitative estimate of drug-likeness (QED) is 0.0532. The molecule has 0 aliphatic carbocycles. The van der Waals surface area contributed by atoms with E-state index in [1.54, 1.807) is 27.0 Å². The molecule has 0 aromatic heterocycles. The molecule has 8 amide bonds. The van der Waals surface area contributed by atoms with Crippen LogP contribution in [0.4, 0.5) is 5.69 Å². The summed E-state index contributed by atoms with van der Waals surface area (Å²) in [5.41, 5.74) is 1.23. The van der Waals surface area contributed by atoms with Crippen LogP contribution in [0.15, 0.2) is 90.7 Å². The molecule has 1 aliphatic rings. The molecule has 0 radical (unpaired) electrons. The number of benzene rings is 2. The van der Waals surface area contributed by atoms with Crippen LogP contribution >= 0.6 is 0 Å². The molecule has 22 heteroatoms. The van der Waals surface area contributed by atoms with Gasteiger partial charge in [0.25, 0.3) is 5.91 Å². The molecule has 22 nitrogen and oxygen atoms in total. The Balaban J connectivity index is 2.09. The van der Waals surface area contributed by atoms with Gasteiger partial charge in [0.1, 0.15) is 35.9 Å². The van der Waals surface area contributed by atoms with Crippen LogP contribution in [0.5, 0.6) is 0 Å². The van der Waals surface area contributed by atoms with Crippen LogP contribution < -0.4 is 37.2 Å². The van der Waals surface area contributed by atoms with Crippen molar-refractivity contribution in [3.8, 4) is 0 Å². The molecule has 0 unspecified atom stereocenters. The van der Waals surface area contributed by atoms with Gasteiger partial charge in [-0.15, -0.1) is 0 Å². The summed E-state index contributed by atoms with van der Waals surface area (Å²) in [6.45, 7) is 12.7. The molecule has 1 fully saturated rings. The van der Waals surface area contributed by atoms with Gasteiger partial charge in [0.15, 0.2) is 5.78 Å². The number of nitrogens with one attached hydrogen (secondary N) is 7. The third kappa shape index (κ3) is 17.6. The van der Waals surface area contributed by atoms with E-state index in [-0.39, 0.29) is 29.7 Å². The van der Waals surface area contributed by atoms with E-state index in [2.05, 4.69) is 43.8 Å². The average molecular weight is 1030 g/mol. The third-order valence-corrected chi connectivity index (χ3v) is 12.5. The Morgan fingerprint density at radius 1 is 0.811 bits per heavy atom. The largest absolute Gasteiger partial charge is 0.480 e. The highest BCUT2D eigenvalue weighted by atomic mass is 16.5. The molecule has 0 spiro atoms. The number of carboxylic acids is 2. The molecule has 3 rings (SSSR count). The average Bonchev–Trinajstić information content (AvgIpc) is 3.37. The third-order valence-electron chi connectivity index (χ3n) is 12.5. The molecule has 1 aliphatic heterocycles. The maximum absolute atomic E-state index is 14.1. The van der Waals surface area contributed by atoms with Gasteiger partial charge in [-0.05, 0) is 50.8 Å². The smallest absolute Gasteiger partial charge is 0.327 e. The molecule has 2 aromatic carbocycles. The molecular formula is C52H68N8O14. The highest BCUT2D eigenvalue weighted by Gasteiger charge is 2.38. The second-order valence-corrected chi connectivity index (χ2v) is 18.0. The maximum Gasteiger partial charge on any atom is 0.327 e. The number of carbonyl (C=O) groups is 11. The van der Waals surface area contributed by atoms with E-state index in [1.165, 1.54) is 51.2 Å². The predicted molar refractivity (Wildman–Crippen MR) is 270 cm³/mol. The minimum absolute atomic E-state index is 0.0474. The lowest BCUT2D eigenvalue weighted by molar-refractivity contribution is -0.146. The van der Waals surface area contributed by atoms with Crippen molar-refractivity contribution in [2.75, 3.05) is 19.5 Å². The molecule has 74 heavy (non-hydrogen) atoms. The number of likely N-dealkylation sites (N-methyl/N-ethyl adjacent to an activating group) is 1.